The van der Waals surface area contributed by atoms with Crippen molar-refractivity contribution in [1.82, 2.24) is 0 Å². The van der Waals surface area contributed by atoms with Gasteiger partial charge >= 0.3 is 0 Å². The van der Waals surface area contributed by atoms with Crippen LogP contribution in [0.4, 0.5) is 5.69 Å². The van der Waals surface area contributed by atoms with Gasteiger partial charge in [-0.05, 0) is 83.2 Å². The van der Waals surface area contributed by atoms with E-state index in [-0.39, 0.29) is 18.1 Å². The number of benzene rings is 3. The fraction of sp³-hybridized carbons (Fsp3) is 0.233. The lowest BCUT2D eigenvalue weighted by atomic mass is 10.00. The summed E-state index contributed by atoms with van der Waals surface area (Å²) >= 11 is 0. The summed E-state index contributed by atoms with van der Waals surface area (Å²) in [5.41, 5.74) is 6.64. The Hall–Kier alpha value is -4.39. The predicted molar refractivity (Wildman–Crippen MR) is 145 cm³/mol. The van der Waals surface area contributed by atoms with Crippen LogP contribution in [0.15, 0.2) is 66.2 Å². The van der Waals surface area contributed by atoms with E-state index in [4.69, 9.17) is 18.9 Å². The van der Waals surface area contributed by atoms with Gasteiger partial charge in [0, 0.05) is 11.8 Å². The maximum atomic E-state index is 13.0. The Kier molecular flexibility index (Phi) is 7.72. The summed E-state index contributed by atoms with van der Waals surface area (Å²) in [7, 11) is 6.24. The van der Waals surface area contributed by atoms with Gasteiger partial charge in [0.05, 0.1) is 34.9 Å². The number of phenols is 1. The Morgan fingerprint density at radius 3 is 2.19 bits per heavy atom. The first-order chi connectivity index (χ1) is 17.9. The van der Waals surface area contributed by atoms with E-state index >= 15 is 0 Å². The molecule has 192 valence electrons. The number of carbonyl (C=O) groups is 1. The van der Waals surface area contributed by atoms with Crippen molar-refractivity contribution in [3.63, 3.8) is 0 Å². The normalized spacial score (nSPS) is 13.4. The number of aromatic hydroxyl groups is 1. The molecule has 0 heterocycles. The van der Waals surface area contributed by atoms with Crippen LogP contribution in [0.1, 0.15) is 30.0 Å². The van der Waals surface area contributed by atoms with Gasteiger partial charge in [-0.2, -0.15) is 0 Å². The van der Waals surface area contributed by atoms with Crippen LogP contribution >= 0.6 is 0 Å². The molecule has 2 N–H and O–H groups in total. The minimum atomic E-state index is -0.120. The summed E-state index contributed by atoms with van der Waals surface area (Å²) in [6.45, 7) is 2.03. The van der Waals surface area contributed by atoms with Crippen molar-refractivity contribution < 1.29 is 28.8 Å². The molecular weight excluding hydrogens is 470 g/mol. The van der Waals surface area contributed by atoms with E-state index in [1.54, 1.807) is 32.4 Å². The van der Waals surface area contributed by atoms with E-state index in [9.17, 15) is 9.90 Å². The third-order valence-corrected chi connectivity index (χ3v) is 6.47. The first-order valence-corrected chi connectivity index (χ1v) is 11.8. The Balaban J connectivity index is 1.66. The van der Waals surface area contributed by atoms with Crippen molar-refractivity contribution >= 4 is 22.7 Å². The molecule has 3 aromatic carbocycles. The standard InChI is InChI=1S/C30H31NO6/c1-18-23(11-9-19-13-27(36-4)30(33)28(14-19)37-5)24-12-10-22(35-3)16-26(24)25(18)17-29(32)31-20-7-6-8-21(15-20)34-2/h6-8,10-16,33H,9,17H2,1-5H3,(H,31,32)/b23-11-. The van der Waals surface area contributed by atoms with Crippen molar-refractivity contribution in [2.45, 2.75) is 19.8 Å². The van der Waals surface area contributed by atoms with Gasteiger partial charge in [0.15, 0.2) is 11.5 Å². The van der Waals surface area contributed by atoms with Crippen molar-refractivity contribution in [3.8, 4) is 28.7 Å². The number of allylic oxidation sites excluding steroid dienone is 3. The zero-order valence-corrected chi connectivity index (χ0v) is 21.7. The van der Waals surface area contributed by atoms with Crippen LogP contribution in [0.5, 0.6) is 28.7 Å². The zero-order chi connectivity index (χ0) is 26.5. The number of hydrogen-bond donors (Lipinski definition) is 2. The Labute approximate surface area is 216 Å². The van der Waals surface area contributed by atoms with Gasteiger partial charge in [0.2, 0.25) is 11.7 Å². The monoisotopic (exact) mass is 501 g/mol. The Morgan fingerprint density at radius 2 is 1.54 bits per heavy atom. The second kappa shape index (κ2) is 11.1. The van der Waals surface area contributed by atoms with Crippen LogP contribution in [-0.4, -0.2) is 39.5 Å². The lowest BCUT2D eigenvalue weighted by molar-refractivity contribution is -0.115. The summed E-state index contributed by atoms with van der Waals surface area (Å²) in [5, 5.41) is 13.2. The second-order valence-corrected chi connectivity index (χ2v) is 8.64. The molecule has 0 spiro atoms. The minimum absolute atomic E-state index is 0.0277. The van der Waals surface area contributed by atoms with Crippen LogP contribution in [0.3, 0.4) is 0 Å². The Bertz CT molecular complexity index is 1360. The number of fused-ring (bicyclic) bond motifs is 1. The lowest BCUT2D eigenvalue weighted by Crippen LogP contribution is -2.12. The van der Waals surface area contributed by atoms with Gasteiger partial charge in [0.1, 0.15) is 11.5 Å². The van der Waals surface area contributed by atoms with Crippen molar-refractivity contribution in [3.05, 3.63) is 82.9 Å². The number of rotatable bonds is 9. The van der Waals surface area contributed by atoms with E-state index in [0.717, 1.165) is 39.2 Å². The molecule has 7 nitrogen and oxygen atoms in total. The molecule has 0 radical (unpaired) electrons. The SMILES string of the molecule is COc1cccc(NC(=O)CC2=C(C)/C(=C/Cc3cc(OC)c(O)c(OC)c3)c3ccc(OC)cc32)c1. The molecule has 1 aliphatic carbocycles. The van der Waals surface area contributed by atoms with Crippen molar-refractivity contribution in [2.24, 2.45) is 0 Å². The fourth-order valence-electron chi connectivity index (χ4n) is 4.54. The Morgan fingerprint density at radius 1 is 0.865 bits per heavy atom. The molecule has 4 rings (SSSR count). The summed E-state index contributed by atoms with van der Waals surface area (Å²) in [6.07, 6.45) is 2.91. The third kappa shape index (κ3) is 5.40. The average molecular weight is 502 g/mol. The van der Waals surface area contributed by atoms with Crippen LogP contribution < -0.4 is 24.3 Å². The maximum absolute atomic E-state index is 13.0. The van der Waals surface area contributed by atoms with E-state index in [1.807, 2.05) is 43.3 Å². The molecule has 37 heavy (non-hydrogen) atoms. The highest BCUT2D eigenvalue weighted by molar-refractivity contribution is 6.07. The predicted octanol–water partition coefficient (Wildman–Crippen LogP) is 5.87. The van der Waals surface area contributed by atoms with E-state index in [1.165, 1.54) is 14.2 Å². The number of amides is 1. The molecule has 0 aliphatic heterocycles. The largest absolute Gasteiger partial charge is 0.502 e. The van der Waals surface area contributed by atoms with Crippen LogP contribution in [0.25, 0.3) is 11.1 Å². The molecule has 1 aliphatic rings. The van der Waals surface area contributed by atoms with Crippen LogP contribution in [0, 0.1) is 0 Å². The third-order valence-electron chi connectivity index (χ3n) is 6.47. The summed E-state index contributed by atoms with van der Waals surface area (Å²) in [6, 6.07) is 16.8. The summed E-state index contributed by atoms with van der Waals surface area (Å²) < 4.78 is 21.3. The maximum Gasteiger partial charge on any atom is 0.228 e. The highest BCUT2D eigenvalue weighted by atomic mass is 16.5. The molecule has 0 unspecified atom stereocenters. The smallest absolute Gasteiger partial charge is 0.228 e. The van der Waals surface area contributed by atoms with Crippen LogP contribution in [-0.2, 0) is 11.2 Å². The molecule has 0 saturated heterocycles. The molecule has 0 atom stereocenters. The number of phenolic OH excluding ortho intramolecular Hbond substituents is 1. The molecule has 0 saturated carbocycles. The van der Waals surface area contributed by atoms with Gasteiger partial charge in [-0.3, -0.25) is 4.79 Å². The number of hydrogen-bond acceptors (Lipinski definition) is 6. The molecule has 0 fully saturated rings. The molecule has 7 heteroatoms. The van der Waals surface area contributed by atoms with Crippen molar-refractivity contribution in [1.29, 1.82) is 0 Å². The molecular formula is C30H31NO6. The molecule has 0 aromatic heterocycles. The zero-order valence-electron chi connectivity index (χ0n) is 21.7. The number of methoxy groups -OCH3 is 4. The highest BCUT2D eigenvalue weighted by Crippen LogP contribution is 2.45. The first kappa shape index (κ1) is 25.7. The first-order valence-electron chi connectivity index (χ1n) is 11.8. The second-order valence-electron chi connectivity index (χ2n) is 8.64. The summed E-state index contributed by atoms with van der Waals surface area (Å²) in [4.78, 5) is 13.0. The number of ether oxygens (including phenoxy) is 4. The lowest BCUT2D eigenvalue weighted by Gasteiger charge is -2.11. The quantitative estimate of drug-likeness (QED) is 0.382. The number of nitrogens with one attached hydrogen (secondary N) is 1. The minimum Gasteiger partial charge on any atom is -0.502 e. The van der Waals surface area contributed by atoms with Gasteiger partial charge in [-0.1, -0.05) is 18.2 Å². The fourth-order valence-corrected chi connectivity index (χ4v) is 4.54. The van der Waals surface area contributed by atoms with Gasteiger partial charge in [0.25, 0.3) is 0 Å². The van der Waals surface area contributed by atoms with E-state index in [0.29, 0.717) is 29.4 Å². The molecule has 1 amide bonds. The van der Waals surface area contributed by atoms with Gasteiger partial charge in [-0.15, -0.1) is 0 Å². The van der Waals surface area contributed by atoms with Gasteiger partial charge in [-0.25, -0.2) is 0 Å². The molecule has 3 aromatic rings. The number of anilines is 1. The summed E-state index contributed by atoms with van der Waals surface area (Å²) in [5.74, 6) is 1.96. The average Bonchev–Trinajstić information content (AvgIpc) is 3.17. The van der Waals surface area contributed by atoms with E-state index < -0.39 is 0 Å². The topological polar surface area (TPSA) is 86.3 Å². The highest BCUT2D eigenvalue weighted by Gasteiger charge is 2.26. The van der Waals surface area contributed by atoms with Crippen LogP contribution in [0.2, 0.25) is 0 Å². The van der Waals surface area contributed by atoms with Gasteiger partial charge < -0.3 is 29.4 Å². The molecule has 0 bridgehead atoms. The van der Waals surface area contributed by atoms with Crippen molar-refractivity contribution in [2.75, 3.05) is 33.8 Å². The number of carbonyl (C=O) groups excluding carboxylic acids is 1. The van der Waals surface area contributed by atoms with E-state index in [2.05, 4.69) is 11.4 Å².